The second-order valence-electron chi connectivity index (χ2n) is 9.34. The molecule has 0 aliphatic rings. The largest absolute Gasteiger partial charge is 0.494 e. The van der Waals surface area contributed by atoms with Crippen LogP contribution in [0.3, 0.4) is 0 Å². The van der Waals surface area contributed by atoms with Gasteiger partial charge in [0, 0.05) is 11.4 Å². The van der Waals surface area contributed by atoms with Crippen LogP contribution in [0.15, 0.2) is 107 Å². The van der Waals surface area contributed by atoms with Gasteiger partial charge < -0.3 is 28.5 Å². The average Bonchev–Trinajstić information content (AvgIpc) is 3.01. The summed E-state index contributed by atoms with van der Waals surface area (Å²) in [5.41, 5.74) is 0.753. The van der Waals surface area contributed by atoms with Crippen molar-refractivity contribution in [2.45, 2.75) is 36.5 Å². The molecule has 0 spiro atoms. The molecule has 11 nitrogen and oxygen atoms in total. The zero-order chi connectivity index (χ0) is 31.6. The molecular weight excluding hydrogens is 608 g/mol. The fourth-order valence-electron chi connectivity index (χ4n) is 3.68. The van der Waals surface area contributed by atoms with Crippen LogP contribution in [-0.4, -0.2) is 36.1 Å². The SMILES string of the molecule is CCCOc1ccc(S(=O)(=O)Oc2ccc(NC(=O)Nc3ccc(OS(=O)(=O)c4ccc(OCCC)cc4)cc3)cc2)cc1. The summed E-state index contributed by atoms with van der Waals surface area (Å²) in [4.78, 5) is 12.4. The second-order valence-corrected chi connectivity index (χ2v) is 12.4. The third-order valence-corrected chi connectivity index (χ3v) is 8.33. The molecule has 0 heterocycles. The van der Waals surface area contributed by atoms with Crippen molar-refractivity contribution in [2.75, 3.05) is 23.8 Å². The highest BCUT2D eigenvalue weighted by Gasteiger charge is 2.18. The standard InChI is InChI=1S/C31H32N2O9S2/c1-3-21-39-25-13-17-29(18-14-25)43(35,36)41-27-9-5-23(6-10-27)32-31(34)33-24-7-11-28(12-8-24)42-44(37,38)30-19-15-26(16-20-30)40-22-4-2/h5-20H,3-4,21-22H2,1-2H3,(H2,32,33,34). The summed E-state index contributed by atoms with van der Waals surface area (Å²) in [6.07, 6.45) is 1.67. The number of amides is 2. The first-order valence-corrected chi connectivity index (χ1v) is 16.5. The normalized spacial score (nSPS) is 11.3. The summed E-state index contributed by atoms with van der Waals surface area (Å²) < 4.78 is 71.8. The van der Waals surface area contributed by atoms with Gasteiger partial charge in [-0.15, -0.1) is 0 Å². The van der Waals surface area contributed by atoms with Gasteiger partial charge in [-0.05, 0) is 110 Å². The lowest BCUT2D eigenvalue weighted by atomic mass is 10.3. The van der Waals surface area contributed by atoms with E-state index in [1.165, 1.54) is 72.8 Å². The van der Waals surface area contributed by atoms with E-state index in [1.54, 1.807) is 24.3 Å². The molecular formula is C31H32N2O9S2. The van der Waals surface area contributed by atoms with Gasteiger partial charge in [-0.3, -0.25) is 0 Å². The van der Waals surface area contributed by atoms with Crippen molar-refractivity contribution in [1.29, 1.82) is 0 Å². The smallest absolute Gasteiger partial charge is 0.339 e. The number of nitrogens with one attached hydrogen (secondary N) is 2. The van der Waals surface area contributed by atoms with Crippen LogP contribution < -0.4 is 28.5 Å². The highest BCUT2D eigenvalue weighted by atomic mass is 32.2. The van der Waals surface area contributed by atoms with Crippen LogP contribution in [0.4, 0.5) is 16.2 Å². The molecule has 13 heteroatoms. The quantitative estimate of drug-likeness (QED) is 0.149. The molecule has 0 unspecified atom stereocenters. The molecule has 44 heavy (non-hydrogen) atoms. The molecule has 0 saturated heterocycles. The van der Waals surface area contributed by atoms with Crippen LogP contribution in [0.1, 0.15) is 26.7 Å². The minimum atomic E-state index is -4.07. The second kappa shape index (κ2) is 14.6. The molecule has 2 N–H and O–H groups in total. The van der Waals surface area contributed by atoms with E-state index in [1.807, 2.05) is 13.8 Å². The maximum Gasteiger partial charge on any atom is 0.339 e. The van der Waals surface area contributed by atoms with E-state index in [9.17, 15) is 21.6 Å². The third-order valence-electron chi connectivity index (χ3n) is 5.81. The number of carbonyl (C=O) groups is 1. The van der Waals surface area contributed by atoms with Crippen molar-refractivity contribution in [3.63, 3.8) is 0 Å². The van der Waals surface area contributed by atoms with Gasteiger partial charge in [0.1, 0.15) is 32.8 Å². The topological polar surface area (TPSA) is 146 Å². The Kier molecular flexibility index (Phi) is 10.7. The van der Waals surface area contributed by atoms with Crippen molar-refractivity contribution in [3.8, 4) is 23.0 Å². The Bertz CT molecular complexity index is 1610. The monoisotopic (exact) mass is 640 g/mol. The Balaban J connectivity index is 1.28. The van der Waals surface area contributed by atoms with Crippen molar-refractivity contribution in [1.82, 2.24) is 0 Å². The van der Waals surface area contributed by atoms with E-state index in [0.717, 1.165) is 12.8 Å². The molecule has 0 saturated carbocycles. The molecule has 0 radical (unpaired) electrons. The number of rotatable bonds is 14. The van der Waals surface area contributed by atoms with Crippen LogP contribution in [0.5, 0.6) is 23.0 Å². The highest BCUT2D eigenvalue weighted by molar-refractivity contribution is 7.87. The maximum atomic E-state index is 12.6. The molecule has 0 bridgehead atoms. The van der Waals surface area contributed by atoms with Crippen molar-refractivity contribution < 1.29 is 39.5 Å². The van der Waals surface area contributed by atoms with Crippen LogP contribution in [0.2, 0.25) is 0 Å². The Labute approximate surface area is 257 Å². The van der Waals surface area contributed by atoms with Crippen molar-refractivity contribution in [2.24, 2.45) is 0 Å². The van der Waals surface area contributed by atoms with Crippen LogP contribution in [0.25, 0.3) is 0 Å². The summed E-state index contributed by atoms with van der Waals surface area (Å²) in [7, 11) is -8.14. The van der Waals surface area contributed by atoms with E-state index < -0.39 is 26.3 Å². The Hall–Kier alpha value is -4.75. The van der Waals surface area contributed by atoms with E-state index >= 15 is 0 Å². The molecule has 2 amide bonds. The number of hydrogen-bond donors (Lipinski definition) is 2. The molecule has 4 rings (SSSR count). The van der Waals surface area contributed by atoms with Crippen LogP contribution in [0, 0.1) is 0 Å². The number of ether oxygens (including phenoxy) is 2. The zero-order valence-corrected chi connectivity index (χ0v) is 25.7. The number of hydrogen-bond acceptors (Lipinski definition) is 9. The third kappa shape index (κ3) is 9.12. The molecule has 0 fully saturated rings. The first-order chi connectivity index (χ1) is 21.1. The lowest BCUT2D eigenvalue weighted by Gasteiger charge is -2.11. The van der Waals surface area contributed by atoms with E-state index in [0.29, 0.717) is 36.1 Å². The zero-order valence-electron chi connectivity index (χ0n) is 24.1. The molecule has 0 aliphatic carbocycles. The summed E-state index contributed by atoms with van der Waals surface area (Å²) in [5, 5.41) is 5.24. The molecule has 232 valence electrons. The van der Waals surface area contributed by atoms with Gasteiger partial charge in [0.15, 0.2) is 0 Å². The van der Waals surface area contributed by atoms with Crippen LogP contribution >= 0.6 is 0 Å². The van der Waals surface area contributed by atoms with Gasteiger partial charge in [0.2, 0.25) is 0 Å². The summed E-state index contributed by atoms with van der Waals surface area (Å²) in [6, 6.07) is 22.8. The Morgan fingerprint density at radius 1 is 0.523 bits per heavy atom. The number of urea groups is 1. The minimum absolute atomic E-state index is 0.0245. The Morgan fingerprint density at radius 2 is 0.841 bits per heavy atom. The van der Waals surface area contributed by atoms with Crippen molar-refractivity contribution >= 4 is 37.6 Å². The van der Waals surface area contributed by atoms with Gasteiger partial charge in [0.05, 0.1) is 13.2 Å². The van der Waals surface area contributed by atoms with E-state index in [4.69, 9.17) is 17.8 Å². The van der Waals surface area contributed by atoms with Gasteiger partial charge >= 0.3 is 26.3 Å². The first kappa shape index (κ1) is 32.2. The van der Waals surface area contributed by atoms with Gasteiger partial charge in [-0.2, -0.15) is 16.8 Å². The van der Waals surface area contributed by atoms with Gasteiger partial charge in [-0.1, -0.05) is 13.8 Å². The lowest BCUT2D eigenvalue weighted by molar-refractivity contribution is 0.262. The number of benzene rings is 4. The Morgan fingerprint density at radius 3 is 1.16 bits per heavy atom. The highest BCUT2D eigenvalue weighted by Crippen LogP contribution is 2.25. The van der Waals surface area contributed by atoms with Crippen molar-refractivity contribution in [3.05, 3.63) is 97.1 Å². The van der Waals surface area contributed by atoms with E-state index in [2.05, 4.69) is 10.6 Å². The maximum absolute atomic E-state index is 12.6. The number of carbonyl (C=O) groups excluding carboxylic acids is 1. The molecule has 0 aliphatic heterocycles. The summed E-state index contributed by atoms with van der Waals surface area (Å²) in [6.45, 7) is 5.00. The molecule has 0 atom stereocenters. The van der Waals surface area contributed by atoms with Crippen LogP contribution in [-0.2, 0) is 20.2 Å². The van der Waals surface area contributed by atoms with E-state index in [-0.39, 0.29) is 21.3 Å². The summed E-state index contributed by atoms with van der Waals surface area (Å²) >= 11 is 0. The first-order valence-electron chi connectivity index (χ1n) is 13.7. The molecule has 0 aromatic heterocycles. The van der Waals surface area contributed by atoms with Gasteiger partial charge in [0.25, 0.3) is 0 Å². The molecule has 4 aromatic rings. The fraction of sp³-hybridized carbons (Fsp3) is 0.194. The fourth-order valence-corrected chi connectivity index (χ4v) is 5.54. The lowest BCUT2D eigenvalue weighted by Crippen LogP contribution is -2.19. The van der Waals surface area contributed by atoms with Gasteiger partial charge in [-0.25, -0.2) is 4.79 Å². The number of anilines is 2. The average molecular weight is 641 g/mol. The predicted molar refractivity (Wildman–Crippen MR) is 166 cm³/mol. The minimum Gasteiger partial charge on any atom is -0.494 e. The predicted octanol–water partition coefficient (Wildman–Crippen LogP) is 6.44. The summed E-state index contributed by atoms with van der Waals surface area (Å²) in [5.74, 6) is 1.25. The molecule has 4 aromatic carbocycles.